The monoisotopic (exact) mass is 334 g/mol. The van der Waals surface area contributed by atoms with E-state index >= 15 is 0 Å². The molecule has 0 aliphatic heterocycles. The Morgan fingerprint density at radius 2 is 1.00 bits per heavy atom. The summed E-state index contributed by atoms with van der Waals surface area (Å²) in [4.78, 5) is 23.7. The first-order valence-electron chi connectivity index (χ1n) is 6.66. The summed E-state index contributed by atoms with van der Waals surface area (Å²) in [6, 6.07) is 10.3. The van der Waals surface area contributed by atoms with Gasteiger partial charge in [-0.05, 0) is 24.3 Å². The van der Waals surface area contributed by atoms with E-state index in [1.54, 1.807) is 0 Å². The van der Waals surface area contributed by atoms with Crippen molar-refractivity contribution in [3.8, 4) is 0 Å². The van der Waals surface area contributed by atoms with Crippen molar-refractivity contribution in [3.05, 3.63) is 70.1 Å². The summed E-state index contributed by atoms with van der Waals surface area (Å²) in [6.07, 6.45) is 0. The molecule has 10 nitrogen and oxygen atoms in total. The van der Waals surface area contributed by atoms with E-state index in [0.717, 1.165) is 0 Å². The first-order valence-corrected chi connectivity index (χ1v) is 6.66. The predicted molar refractivity (Wildman–Crippen MR) is 79.4 cm³/mol. The van der Waals surface area contributed by atoms with E-state index in [1.165, 1.54) is 48.5 Å². The van der Waals surface area contributed by atoms with Crippen molar-refractivity contribution < 1.29 is 30.5 Å². The van der Waals surface area contributed by atoms with Crippen LogP contribution in [-0.2, 0) is 0 Å². The van der Waals surface area contributed by atoms with Crippen molar-refractivity contribution in [1.29, 1.82) is 0 Å². The fraction of sp³-hybridized carbons (Fsp3) is 0. The smallest absolute Gasteiger partial charge is 0.269 e. The highest BCUT2D eigenvalue weighted by atomic mass is 16.8. The Morgan fingerprint density at radius 1 is 0.708 bits per heavy atom. The van der Waals surface area contributed by atoms with Crippen LogP contribution in [0.2, 0.25) is 0 Å². The lowest BCUT2D eigenvalue weighted by molar-refractivity contribution is -0.991. The minimum absolute atomic E-state index is 0.0362. The Balaban J connectivity index is 1.94. The molecule has 0 heterocycles. The number of hydrogen-bond donors (Lipinski definition) is 6. The van der Waals surface area contributed by atoms with Crippen LogP contribution in [0.25, 0.3) is 0 Å². The lowest BCUT2D eigenvalue weighted by atomic mass is 10.2. The molecule has 2 rings (SSSR count). The molecule has 0 aromatic heterocycles. The van der Waals surface area contributed by atoms with Crippen molar-refractivity contribution in [2.75, 3.05) is 0 Å². The van der Waals surface area contributed by atoms with Gasteiger partial charge < -0.3 is 10.4 Å². The fourth-order valence-electron chi connectivity index (χ4n) is 1.79. The maximum atomic E-state index is 11.9. The summed E-state index contributed by atoms with van der Waals surface area (Å²) >= 11 is 0. The van der Waals surface area contributed by atoms with Gasteiger partial charge in [-0.1, -0.05) is 0 Å². The lowest BCUT2D eigenvalue weighted by Crippen LogP contribution is -2.99. The number of hydrogen-bond acceptors (Lipinski definition) is 6. The van der Waals surface area contributed by atoms with Crippen LogP contribution < -0.4 is 21.3 Å². The van der Waals surface area contributed by atoms with Crippen LogP contribution in [-0.4, -0.2) is 22.2 Å². The first kappa shape index (κ1) is 17.5. The highest BCUT2D eigenvalue weighted by Gasteiger charge is 2.11. The Morgan fingerprint density at radius 3 is 1.25 bits per heavy atom. The van der Waals surface area contributed by atoms with Gasteiger partial charge in [-0.25, -0.2) is 10.4 Å². The molecule has 0 saturated heterocycles. The number of carbonyl (C=O) groups is 2. The van der Waals surface area contributed by atoms with E-state index in [-0.39, 0.29) is 22.5 Å². The third-order valence-corrected chi connectivity index (χ3v) is 3.08. The molecule has 10 heteroatoms. The zero-order chi connectivity index (χ0) is 17.7. The number of rotatable bonds is 4. The summed E-state index contributed by atoms with van der Waals surface area (Å²) in [5.74, 6) is -1.25. The number of carbonyl (C=O) groups excluding carboxylic acids is 2. The van der Waals surface area contributed by atoms with Crippen molar-refractivity contribution in [1.82, 2.24) is 10.9 Å². The summed E-state index contributed by atoms with van der Waals surface area (Å²) < 4.78 is 0. The molecule has 6 N–H and O–H groups in total. The van der Waals surface area contributed by atoms with Crippen molar-refractivity contribution in [2.45, 2.75) is 0 Å². The molecule has 0 spiro atoms. The number of quaternary nitrogens is 2. The minimum atomic E-state index is -1.11. The number of benzene rings is 2. The van der Waals surface area contributed by atoms with Gasteiger partial charge >= 0.3 is 0 Å². The second-order valence-corrected chi connectivity index (χ2v) is 4.67. The largest absolute Gasteiger partial charge is 0.595 e. The van der Waals surface area contributed by atoms with E-state index < -0.39 is 22.3 Å². The molecule has 24 heavy (non-hydrogen) atoms. The lowest BCUT2D eigenvalue weighted by Gasteiger charge is -2.12. The molecule has 0 aliphatic rings. The van der Waals surface area contributed by atoms with E-state index in [2.05, 4.69) is 10.9 Å². The topological polar surface area (TPSA) is 154 Å². The second-order valence-electron chi connectivity index (χ2n) is 4.67. The van der Waals surface area contributed by atoms with Gasteiger partial charge in [0.15, 0.2) is 11.4 Å². The molecule has 0 fully saturated rings. The van der Waals surface area contributed by atoms with Gasteiger partial charge in [0.2, 0.25) is 0 Å². The molecule has 2 amide bonds. The van der Waals surface area contributed by atoms with E-state index in [4.69, 9.17) is 10.4 Å². The summed E-state index contributed by atoms with van der Waals surface area (Å²) in [5.41, 5.74) is 4.77. The number of amides is 2. The molecule has 2 aromatic carbocycles. The Hall–Kier alpha value is -2.86. The SMILES string of the molecule is O=C(NNC(=O)c1ccc([NH+]([O-])O)cc1)c1ccc([NH+]([O-])O)cc1. The molecule has 0 aliphatic carbocycles. The van der Waals surface area contributed by atoms with E-state index in [0.29, 0.717) is 0 Å². The molecule has 0 bridgehead atoms. The van der Waals surface area contributed by atoms with Gasteiger partial charge in [-0.15, -0.1) is 0 Å². The van der Waals surface area contributed by atoms with Crippen LogP contribution in [0.1, 0.15) is 20.7 Å². The molecule has 2 atom stereocenters. The molecule has 2 unspecified atom stereocenters. The fourth-order valence-corrected chi connectivity index (χ4v) is 1.79. The molecule has 0 radical (unpaired) electrons. The third-order valence-electron chi connectivity index (χ3n) is 3.08. The zero-order valence-electron chi connectivity index (χ0n) is 12.1. The summed E-state index contributed by atoms with van der Waals surface area (Å²) in [7, 11) is 0. The van der Waals surface area contributed by atoms with Gasteiger partial charge in [0.25, 0.3) is 11.8 Å². The maximum Gasteiger partial charge on any atom is 0.269 e. The Kier molecular flexibility index (Phi) is 5.55. The molecule has 126 valence electrons. The number of hydrazine groups is 1. The average Bonchev–Trinajstić information content (AvgIpc) is 2.59. The molecule has 2 aromatic rings. The van der Waals surface area contributed by atoms with Crippen molar-refractivity contribution in [3.63, 3.8) is 0 Å². The van der Waals surface area contributed by atoms with Crippen LogP contribution in [0.5, 0.6) is 0 Å². The van der Waals surface area contributed by atoms with Gasteiger partial charge in [0, 0.05) is 35.4 Å². The zero-order valence-corrected chi connectivity index (χ0v) is 12.1. The Bertz CT molecular complexity index is 652. The normalized spacial score (nSPS) is 13.0. The van der Waals surface area contributed by atoms with Crippen LogP contribution in [0, 0.1) is 10.4 Å². The Labute approximate surface area is 135 Å². The minimum Gasteiger partial charge on any atom is -0.595 e. The van der Waals surface area contributed by atoms with Crippen LogP contribution in [0.3, 0.4) is 0 Å². The van der Waals surface area contributed by atoms with Gasteiger partial charge in [0.05, 0.1) is 0 Å². The molecular formula is C14H14N4O6. The molecule has 0 saturated carbocycles. The quantitative estimate of drug-likeness (QED) is 0.377. The molecular weight excluding hydrogens is 320 g/mol. The predicted octanol–water partition coefficient (Wildman–Crippen LogP) is -1.43. The number of nitrogens with one attached hydrogen (secondary N) is 4. The third kappa shape index (κ3) is 4.33. The van der Waals surface area contributed by atoms with Crippen LogP contribution >= 0.6 is 0 Å². The van der Waals surface area contributed by atoms with Crippen LogP contribution in [0.15, 0.2) is 48.5 Å². The van der Waals surface area contributed by atoms with Crippen molar-refractivity contribution >= 4 is 23.2 Å². The maximum absolute atomic E-state index is 11.9. The second kappa shape index (κ2) is 7.61. The van der Waals surface area contributed by atoms with Gasteiger partial charge in [-0.3, -0.25) is 20.4 Å². The summed E-state index contributed by atoms with van der Waals surface area (Å²) in [6.45, 7) is 0. The first-order chi connectivity index (χ1) is 11.4. The standard InChI is InChI=1S/C14H14N4O6/c19-13(9-1-5-11(6-2-9)17(21)22)15-16-14(20)10-3-7-12(8-4-10)18(23)24/h1-8,17-18,21,23H,(H,15,19)(H,16,20). The van der Waals surface area contributed by atoms with E-state index in [9.17, 15) is 20.0 Å². The highest BCUT2D eigenvalue weighted by Crippen LogP contribution is 2.06. The highest BCUT2D eigenvalue weighted by molar-refractivity contribution is 5.99. The summed E-state index contributed by atoms with van der Waals surface area (Å²) in [5, 5.41) is 36.8. The van der Waals surface area contributed by atoms with E-state index in [1.807, 2.05) is 0 Å². The average molecular weight is 334 g/mol. The van der Waals surface area contributed by atoms with Crippen molar-refractivity contribution in [2.24, 2.45) is 0 Å². The van der Waals surface area contributed by atoms with Gasteiger partial charge in [-0.2, -0.15) is 10.5 Å². The van der Waals surface area contributed by atoms with Gasteiger partial charge in [0.1, 0.15) is 0 Å². The van der Waals surface area contributed by atoms with Crippen LogP contribution in [0.4, 0.5) is 11.4 Å².